The Morgan fingerprint density at radius 3 is 2.48 bits per heavy atom. The minimum absolute atomic E-state index is 0.123. The Labute approximate surface area is 196 Å². The zero-order chi connectivity index (χ0) is 22.4. The van der Waals surface area contributed by atoms with E-state index in [9.17, 15) is 9.18 Å². The van der Waals surface area contributed by atoms with Gasteiger partial charge in [-0.3, -0.25) is 14.1 Å². The van der Waals surface area contributed by atoms with Crippen LogP contribution in [0, 0.1) is 5.82 Å². The van der Waals surface area contributed by atoms with E-state index in [1.54, 1.807) is 23.5 Å². The van der Waals surface area contributed by atoms with Gasteiger partial charge in [-0.05, 0) is 55.3 Å². The molecule has 0 atom stereocenters. The van der Waals surface area contributed by atoms with Gasteiger partial charge < -0.3 is 4.90 Å². The lowest BCUT2D eigenvalue weighted by atomic mass is 9.94. The maximum atomic E-state index is 13.2. The van der Waals surface area contributed by atoms with Gasteiger partial charge in [0.25, 0.3) is 5.91 Å². The second-order valence-electron chi connectivity index (χ2n) is 9.19. The molecule has 2 aliphatic rings. The Balaban J connectivity index is 1.19. The van der Waals surface area contributed by atoms with E-state index in [-0.39, 0.29) is 11.7 Å². The number of benzene rings is 2. The van der Waals surface area contributed by atoms with Gasteiger partial charge in [-0.1, -0.05) is 30.6 Å². The summed E-state index contributed by atoms with van der Waals surface area (Å²) in [6, 6.07) is 13.1. The highest BCUT2D eigenvalue weighted by Crippen LogP contribution is 2.31. The smallest absolute Gasteiger partial charge is 0.253 e. The number of aromatic nitrogens is 2. The summed E-state index contributed by atoms with van der Waals surface area (Å²) in [6.45, 7) is 3.58. The fourth-order valence-electron chi connectivity index (χ4n) is 5.31. The second kappa shape index (κ2) is 8.54. The van der Waals surface area contributed by atoms with Crippen LogP contribution in [0.3, 0.4) is 0 Å². The van der Waals surface area contributed by atoms with Crippen molar-refractivity contribution in [2.45, 2.75) is 38.1 Å². The molecule has 0 N–H and O–H groups in total. The lowest BCUT2D eigenvalue weighted by molar-refractivity contribution is 0.0523. The fraction of sp³-hybridized carbons (Fsp3) is 0.385. The van der Waals surface area contributed by atoms with Crippen molar-refractivity contribution in [2.24, 2.45) is 0 Å². The average Bonchev–Trinajstić information content (AvgIpc) is 3.42. The molecule has 1 aliphatic heterocycles. The number of piperazine rings is 1. The summed E-state index contributed by atoms with van der Waals surface area (Å²) < 4.78 is 16.3. The third kappa shape index (κ3) is 3.93. The van der Waals surface area contributed by atoms with Gasteiger partial charge in [-0.15, -0.1) is 0 Å². The normalized spacial score (nSPS) is 18.4. The number of imidazole rings is 1. The zero-order valence-corrected chi connectivity index (χ0v) is 19.4. The second-order valence-corrected chi connectivity index (χ2v) is 10.2. The van der Waals surface area contributed by atoms with Crippen molar-refractivity contribution in [3.8, 4) is 11.3 Å². The Bertz CT molecular complexity index is 1300. The molecule has 5 nitrogen and oxygen atoms in total. The Kier molecular flexibility index (Phi) is 5.38. The van der Waals surface area contributed by atoms with Gasteiger partial charge in [0.15, 0.2) is 4.96 Å². The number of carbonyl (C=O) groups is 1. The van der Waals surface area contributed by atoms with E-state index in [4.69, 9.17) is 4.98 Å². The molecular weight excluding hydrogens is 435 g/mol. The Morgan fingerprint density at radius 2 is 1.73 bits per heavy atom. The molecule has 1 saturated heterocycles. The molecular formula is C26H27FN4OS. The highest BCUT2D eigenvalue weighted by molar-refractivity contribution is 7.23. The van der Waals surface area contributed by atoms with Crippen LogP contribution in [0.1, 0.15) is 42.5 Å². The van der Waals surface area contributed by atoms with E-state index >= 15 is 0 Å². The molecule has 0 bridgehead atoms. The van der Waals surface area contributed by atoms with Gasteiger partial charge in [0.05, 0.1) is 15.9 Å². The van der Waals surface area contributed by atoms with Crippen molar-refractivity contribution in [1.82, 2.24) is 19.2 Å². The van der Waals surface area contributed by atoms with Crippen molar-refractivity contribution in [1.29, 1.82) is 0 Å². The average molecular weight is 463 g/mol. The van der Waals surface area contributed by atoms with Crippen LogP contribution >= 0.6 is 11.3 Å². The van der Waals surface area contributed by atoms with Gasteiger partial charge in [0.1, 0.15) is 5.82 Å². The van der Waals surface area contributed by atoms with E-state index in [1.165, 1.54) is 44.2 Å². The molecule has 1 saturated carbocycles. The number of halogens is 1. The number of thiazole rings is 1. The minimum atomic E-state index is -0.252. The molecule has 7 heteroatoms. The third-order valence-electron chi connectivity index (χ3n) is 7.17. The largest absolute Gasteiger partial charge is 0.336 e. The molecule has 4 aromatic rings. The van der Waals surface area contributed by atoms with Crippen LogP contribution in [0.4, 0.5) is 4.39 Å². The first-order chi connectivity index (χ1) is 16.2. The van der Waals surface area contributed by atoms with Crippen LogP contribution in [0.5, 0.6) is 0 Å². The molecule has 170 valence electrons. The number of hydrogen-bond donors (Lipinski definition) is 0. The molecule has 0 spiro atoms. The van der Waals surface area contributed by atoms with Crippen LogP contribution in [-0.2, 0) is 0 Å². The van der Waals surface area contributed by atoms with Gasteiger partial charge in [0, 0.05) is 49.5 Å². The predicted molar refractivity (Wildman–Crippen MR) is 130 cm³/mol. The van der Waals surface area contributed by atoms with Crippen molar-refractivity contribution < 1.29 is 9.18 Å². The molecule has 6 rings (SSSR count). The van der Waals surface area contributed by atoms with Gasteiger partial charge in [-0.25, -0.2) is 9.37 Å². The zero-order valence-electron chi connectivity index (χ0n) is 18.5. The maximum absolute atomic E-state index is 13.2. The minimum Gasteiger partial charge on any atom is -0.336 e. The summed E-state index contributed by atoms with van der Waals surface area (Å²) in [5.41, 5.74) is 3.49. The van der Waals surface area contributed by atoms with E-state index < -0.39 is 0 Å². The van der Waals surface area contributed by atoms with Crippen LogP contribution < -0.4 is 0 Å². The van der Waals surface area contributed by atoms with Crippen molar-refractivity contribution >= 4 is 32.4 Å². The highest BCUT2D eigenvalue weighted by atomic mass is 32.1. The van der Waals surface area contributed by atoms with Crippen LogP contribution in [0.2, 0.25) is 0 Å². The van der Waals surface area contributed by atoms with E-state index in [0.29, 0.717) is 0 Å². The SMILES string of the molecule is O=C(c1ccc2c(c1)sc1nc(-c3ccc(F)cc3)cn12)N1CCN(C2CCCCC2)CC1. The number of amides is 1. The number of nitrogens with zero attached hydrogens (tertiary/aromatic N) is 4. The lowest BCUT2D eigenvalue weighted by Gasteiger charge is -2.40. The molecule has 2 fully saturated rings. The standard InChI is InChI=1S/C26H27FN4OS/c27-20-9-6-18(7-10-20)22-17-31-23-11-8-19(16-24(23)33-26(31)28-22)25(32)30-14-12-29(13-15-30)21-4-2-1-3-5-21/h6-11,16-17,21H,1-5,12-15H2. The van der Waals surface area contributed by atoms with Gasteiger partial charge in [0.2, 0.25) is 0 Å². The first-order valence-electron chi connectivity index (χ1n) is 11.9. The van der Waals surface area contributed by atoms with Crippen molar-refractivity contribution in [3.63, 3.8) is 0 Å². The molecule has 1 aliphatic carbocycles. The van der Waals surface area contributed by atoms with Crippen LogP contribution in [0.15, 0.2) is 48.7 Å². The Hall–Kier alpha value is -2.77. The summed E-state index contributed by atoms with van der Waals surface area (Å²) in [5.74, 6) is -0.129. The maximum Gasteiger partial charge on any atom is 0.253 e. The van der Waals surface area contributed by atoms with Crippen molar-refractivity contribution in [3.05, 3.63) is 60.0 Å². The van der Waals surface area contributed by atoms with Gasteiger partial charge >= 0.3 is 0 Å². The first-order valence-corrected chi connectivity index (χ1v) is 12.7. The molecule has 3 heterocycles. The quantitative estimate of drug-likeness (QED) is 0.407. The molecule has 1 amide bonds. The first kappa shape index (κ1) is 20.8. The van der Waals surface area contributed by atoms with Crippen LogP contribution in [0.25, 0.3) is 26.4 Å². The molecule has 0 radical (unpaired) electrons. The summed E-state index contributed by atoms with van der Waals surface area (Å²) in [7, 11) is 0. The predicted octanol–water partition coefficient (Wildman–Crippen LogP) is 5.45. The number of carbonyl (C=O) groups excluding carboxylic acids is 1. The molecule has 2 aromatic heterocycles. The third-order valence-corrected chi connectivity index (χ3v) is 8.19. The van der Waals surface area contributed by atoms with Gasteiger partial charge in [-0.2, -0.15) is 0 Å². The van der Waals surface area contributed by atoms with Crippen molar-refractivity contribution in [2.75, 3.05) is 26.2 Å². The topological polar surface area (TPSA) is 40.9 Å². The molecule has 33 heavy (non-hydrogen) atoms. The highest BCUT2D eigenvalue weighted by Gasteiger charge is 2.27. The lowest BCUT2D eigenvalue weighted by Crippen LogP contribution is -2.52. The van der Waals surface area contributed by atoms with E-state index in [0.717, 1.165) is 64.2 Å². The summed E-state index contributed by atoms with van der Waals surface area (Å²) in [4.78, 5) is 23.4. The van der Waals surface area contributed by atoms with Crippen LogP contribution in [-0.4, -0.2) is 57.3 Å². The summed E-state index contributed by atoms with van der Waals surface area (Å²) >= 11 is 1.58. The number of hydrogen-bond acceptors (Lipinski definition) is 4. The van der Waals surface area contributed by atoms with E-state index in [1.807, 2.05) is 29.3 Å². The number of fused-ring (bicyclic) bond motifs is 3. The summed E-state index contributed by atoms with van der Waals surface area (Å²) in [5, 5.41) is 0. The summed E-state index contributed by atoms with van der Waals surface area (Å²) in [6.07, 6.45) is 8.67. The number of rotatable bonds is 3. The fourth-order valence-corrected chi connectivity index (χ4v) is 6.36. The van der Waals surface area contributed by atoms with E-state index in [2.05, 4.69) is 9.30 Å². The molecule has 2 aromatic carbocycles. The molecule has 0 unspecified atom stereocenters. The monoisotopic (exact) mass is 462 g/mol. The Morgan fingerprint density at radius 1 is 0.970 bits per heavy atom.